The number of anilines is 1. The van der Waals surface area contributed by atoms with Gasteiger partial charge in [0, 0.05) is 6.42 Å². The molecule has 1 fully saturated rings. The van der Waals surface area contributed by atoms with Gasteiger partial charge in [0.2, 0.25) is 11.8 Å². The van der Waals surface area contributed by atoms with Gasteiger partial charge in [-0.25, -0.2) is 0 Å². The zero-order valence-corrected chi connectivity index (χ0v) is 12.0. The highest BCUT2D eigenvalue weighted by Crippen LogP contribution is 2.14. The molecule has 1 aliphatic heterocycles. The molecule has 1 aromatic heterocycles. The Morgan fingerprint density at radius 2 is 2.24 bits per heavy atom. The lowest BCUT2D eigenvalue weighted by Crippen LogP contribution is -2.47. The third kappa shape index (κ3) is 4.76. The molecule has 0 spiro atoms. The van der Waals surface area contributed by atoms with E-state index in [1.807, 2.05) is 0 Å². The number of rotatable bonds is 5. The van der Waals surface area contributed by atoms with Gasteiger partial charge in [-0.1, -0.05) is 0 Å². The molecule has 1 aromatic rings. The van der Waals surface area contributed by atoms with E-state index in [2.05, 4.69) is 25.0 Å². The first-order chi connectivity index (χ1) is 9.83. The number of carbonyl (C=O) groups excluding carboxylic acids is 2. The summed E-state index contributed by atoms with van der Waals surface area (Å²) in [5, 5.41) is 12.6. The van der Waals surface area contributed by atoms with Crippen LogP contribution in [0.5, 0.6) is 0 Å². The predicted molar refractivity (Wildman–Crippen MR) is 71.5 cm³/mol. The lowest BCUT2D eigenvalue weighted by atomic mass is 10.1. The van der Waals surface area contributed by atoms with Gasteiger partial charge in [-0.3, -0.25) is 19.1 Å². The van der Waals surface area contributed by atoms with Gasteiger partial charge in [0.05, 0.1) is 23.8 Å². The minimum Gasteiger partial charge on any atom is -0.372 e. The molecular formula is C11H14N4O5S. The molecule has 1 aliphatic rings. The van der Waals surface area contributed by atoms with E-state index >= 15 is 0 Å². The highest BCUT2D eigenvalue weighted by molar-refractivity contribution is 7.85. The van der Waals surface area contributed by atoms with Crippen LogP contribution in [0.25, 0.3) is 0 Å². The second kappa shape index (κ2) is 6.14. The summed E-state index contributed by atoms with van der Waals surface area (Å²) in [7, 11) is -3.57. The van der Waals surface area contributed by atoms with E-state index in [9.17, 15) is 18.0 Å². The Morgan fingerprint density at radius 1 is 1.48 bits per heavy atom. The molecule has 0 aromatic carbocycles. The average molecular weight is 314 g/mol. The average Bonchev–Trinajstić information content (AvgIpc) is 2.39. The Hall–Kier alpha value is -2.07. The molecule has 2 rings (SSSR count). The second-order valence-electron chi connectivity index (χ2n) is 4.55. The quantitative estimate of drug-likeness (QED) is 0.532. The van der Waals surface area contributed by atoms with Gasteiger partial charge in [-0.15, -0.1) is 0 Å². The number of nitrogens with zero attached hydrogens (tertiary/aromatic N) is 2. The lowest BCUT2D eigenvalue weighted by molar-refractivity contribution is -0.133. The summed E-state index contributed by atoms with van der Waals surface area (Å²) in [5.74, 6) is -0.704. The SMILES string of the molecule is CS(=O)(=O)OCc1cc(NC2CCC(=O)NC2=O)cnn1. The van der Waals surface area contributed by atoms with Crippen molar-refractivity contribution in [1.82, 2.24) is 15.5 Å². The molecule has 114 valence electrons. The largest absolute Gasteiger partial charge is 0.372 e. The molecule has 0 bridgehead atoms. The minimum absolute atomic E-state index is 0.239. The van der Waals surface area contributed by atoms with Crippen molar-refractivity contribution >= 4 is 27.6 Å². The molecule has 0 radical (unpaired) electrons. The lowest BCUT2D eigenvalue weighted by Gasteiger charge is -2.22. The zero-order chi connectivity index (χ0) is 15.5. The molecule has 0 saturated carbocycles. The van der Waals surface area contributed by atoms with Crippen LogP contribution in [0.2, 0.25) is 0 Å². The Kier molecular flexibility index (Phi) is 4.48. The van der Waals surface area contributed by atoms with Crippen LogP contribution in [0.4, 0.5) is 5.69 Å². The third-order valence-electron chi connectivity index (χ3n) is 2.71. The van der Waals surface area contributed by atoms with Gasteiger partial charge < -0.3 is 5.32 Å². The Labute approximate surface area is 121 Å². The van der Waals surface area contributed by atoms with Gasteiger partial charge in [-0.2, -0.15) is 18.6 Å². The maximum absolute atomic E-state index is 11.6. The highest BCUT2D eigenvalue weighted by atomic mass is 32.2. The summed E-state index contributed by atoms with van der Waals surface area (Å²) in [6.45, 7) is -0.239. The van der Waals surface area contributed by atoms with Crippen LogP contribution in [0.15, 0.2) is 12.3 Å². The fourth-order valence-electron chi connectivity index (χ4n) is 1.76. The number of carbonyl (C=O) groups is 2. The topological polar surface area (TPSA) is 127 Å². The van der Waals surface area contributed by atoms with Crippen molar-refractivity contribution in [3.8, 4) is 0 Å². The van der Waals surface area contributed by atoms with E-state index in [1.165, 1.54) is 12.3 Å². The standard InChI is InChI=1S/C11H14N4O5S/c1-21(18,19)20-6-8-4-7(5-12-15-8)13-9-2-3-10(16)14-11(9)17/h4-5,9H,2-3,6H2,1H3,(H,13,15)(H,14,16,17). The number of imide groups is 1. The molecule has 9 nitrogen and oxygen atoms in total. The Morgan fingerprint density at radius 3 is 2.90 bits per heavy atom. The Balaban J connectivity index is 2.01. The fraction of sp³-hybridized carbons (Fsp3) is 0.455. The van der Waals surface area contributed by atoms with Gasteiger partial charge in [0.1, 0.15) is 12.6 Å². The summed E-state index contributed by atoms with van der Waals surface area (Å²) >= 11 is 0. The number of aromatic nitrogens is 2. The van der Waals surface area contributed by atoms with Crippen LogP contribution >= 0.6 is 0 Å². The third-order valence-corrected chi connectivity index (χ3v) is 3.25. The van der Waals surface area contributed by atoms with Crippen molar-refractivity contribution in [2.45, 2.75) is 25.5 Å². The van der Waals surface area contributed by atoms with E-state index < -0.39 is 22.1 Å². The summed E-state index contributed by atoms with van der Waals surface area (Å²) in [5.41, 5.74) is 0.796. The minimum atomic E-state index is -3.57. The number of amides is 2. The highest BCUT2D eigenvalue weighted by Gasteiger charge is 2.26. The van der Waals surface area contributed by atoms with E-state index in [1.54, 1.807) is 0 Å². The van der Waals surface area contributed by atoms with Crippen molar-refractivity contribution in [3.05, 3.63) is 18.0 Å². The maximum Gasteiger partial charge on any atom is 0.264 e. The summed E-state index contributed by atoms with van der Waals surface area (Å²) in [6.07, 6.45) is 2.97. The Bertz CT molecular complexity index is 660. The maximum atomic E-state index is 11.6. The second-order valence-corrected chi connectivity index (χ2v) is 6.19. The molecule has 10 heteroatoms. The first kappa shape index (κ1) is 15.3. The van der Waals surface area contributed by atoms with Crippen LogP contribution in [0.1, 0.15) is 18.5 Å². The van der Waals surface area contributed by atoms with Crippen LogP contribution in [-0.2, 0) is 30.5 Å². The smallest absolute Gasteiger partial charge is 0.264 e. The molecule has 0 aliphatic carbocycles. The fourth-order valence-corrected chi connectivity index (χ4v) is 2.10. The first-order valence-electron chi connectivity index (χ1n) is 6.10. The van der Waals surface area contributed by atoms with Crippen molar-refractivity contribution < 1.29 is 22.2 Å². The molecule has 1 saturated heterocycles. The summed E-state index contributed by atoms with van der Waals surface area (Å²) in [6, 6.07) is 0.984. The molecule has 1 atom stereocenters. The zero-order valence-electron chi connectivity index (χ0n) is 11.2. The van der Waals surface area contributed by atoms with Gasteiger partial charge >= 0.3 is 0 Å². The van der Waals surface area contributed by atoms with E-state index in [-0.39, 0.29) is 18.9 Å². The van der Waals surface area contributed by atoms with E-state index in [0.717, 1.165) is 6.26 Å². The summed E-state index contributed by atoms with van der Waals surface area (Å²) in [4.78, 5) is 22.7. The molecule has 2 heterocycles. The van der Waals surface area contributed by atoms with Crippen LogP contribution < -0.4 is 10.6 Å². The van der Waals surface area contributed by atoms with Crippen LogP contribution in [-0.4, -0.2) is 42.7 Å². The number of hydrogen-bond donors (Lipinski definition) is 2. The van der Waals surface area contributed by atoms with Gasteiger partial charge in [0.25, 0.3) is 10.1 Å². The monoisotopic (exact) mass is 314 g/mol. The predicted octanol–water partition coefficient (Wildman–Crippen LogP) is -0.830. The van der Waals surface area contributed by atoms with Crippen LogP contribution in [0.3, 0.4) is 0 Å². The molecule has 2 N–H and O–H groups in total. The van der Waals surface area contributed by atoms with Gasteiger partial charge in [0.15, 0.2) is 0 Å². The van der Waals surface area contributed by atoms with Gasteiger partial charge in [-0.05, 0) is 12.5 Å². The first-order valence-corrected chi connectivity index (χ1v) is 7.91. The van der Waals surface area contributed by atoms with Crippen LogP contribution in [0, 0.1) is 0 Å². The number of piperidine rings is 1. The van der Waals surface area contributed by atoms with E-state index in [4.69, 9.17) is 0 Å². The molecule has 1 unspecified atom stereocenters. The molecular weight excluding hydrogens is 300 g/mol. The van der Waals surface area contributed by atoms with Crippen molar-refractivity contribution in [2.24, 2.45) is 0 Å². The molecule has 2 amide bonds. The van der Waals surface area contributed by atoms with Crippen molar-refractivity contribution in [2.75, 3.05) is 11.6 Å². The molecule has 21 heavy (non-hydrogen) atoms. The number of nitrogens with one attached hydrogen (secondary N) is 2. The van der Waals surface area contributed by atoms with E-state index in [0.29, 0.717) is 17.8 Å². The summed E-state index contributed by atoms with van der Waals surface area (Å²) < 4.78 is 26.4. The normalized spacial score (nSPS) is 19.2. The number of hydrogen-bond acceptors (Lipinski definition) is 8. The van der Waals surface area contributed by atoms with Crippen molar-refractivity contribution in [3.63, 3.8) is 0 Å². The van der Waals surface area contributed by atoms with Crippen molar-refractivity contribution in [1.29, 1.82) is 0 Å².